The van der Waals surface area contributed by atoms with Gasteiger partial charge in [-0.25, -0.2) is 0 Å². The summed E-state index contributed by atoms with van der Waals surface area (Å²) >= 11 is 0. The summed E-state index contributed by atoms with van der Waals surface area (Å²) in [5.41, 5.74) is 1.14. The fourth-order valence-corrected chi connectivity index (χ4v) is 1.72. The van der Waals surface area contributed by atoms with Gasteiger partial charge in [-0.05, 0) is 18.9 Å². The Hall–Kier alpha value is -2.37. The fraction of sp³-hybridized carbons (Fsp3) is 0.357. The molecule has 0 radical (unpaired) electrons. The van der Waals surface area contributed by atoms with Gasteiger partial charge in [0.1, 0.15) is 0 Å². The fourth-order valence-electron chi connectivity index (χ4n) is 1.72. The molecule has 0 heterocycles. The van der Waals surface area contributed by atoms with Crippen molar-refractivity contribution in [2.45, 2.75) is 19.4 Å². The Labute approximate surface area is 117 Å². The van der Waals surface area contributed by atoms with Gasteiger partial charge in [-0.3, -0.25) is 14.4 Å². The summed E-state index contributed by atoms with van der Waals surface area (Å²) in [7, 11) is 0. The molecule has 108 valence electrons. The van der Waals surface area contributed by atoms with Crippen LogP contribution in [-0.4, -0.2) is 37.4 Å². The lowest BCUT2D eigenvalue weighted by Gasteiger charge is -2.14. The van der Waals surface area contributed by atoms with Crippen molar-refractivity contribution < 1.29 is 14.4 Å². The highest BCUT2D eigenvalue weighted by molar-refractivity contribution is 5.86. The summed E-state index contributed by atoms with van der Waals surface area (Å²) < 4.78 is 0. The number of hydrogen-bond donors (Lipinski definition) is 3. The zero-order valence-corrected chi connectivity index (χ0v) is 11.4. The van der Waals surface area contributed by atoms with E-state index in [1.807, 2.05) is 37.3 Å². The molecule has 1 aromatic rings. The van der Waals surface area contributed by atoms with E-state index < -0.39 is 5.91 Å². The minimum atomic E-state index is -0.400. The second kappa shape index (κ2) is 8.68. The van der Waals surface area contributed by atoms with Crippen molar-refractivity contribution in [3.05, 3.63) is 35.9 Å². The van der Waals surface area contributed by atoms with Crippen molar-refractivity contribution >= 4 is 18.2 Å². The largest absolute Gasteiger partial charge is 0.352 e. The highest BCUT2D eigenvalue weighted by atomic mass is 16.2. The first-order chi connectivity index (χ1) is 9.61. The summed E-state index contributed by atoms with van der Waals surface area (Å²) in [4.78, 5) is 32.8. The smallest absolute Gasteiger partial charge is 0.239 e. The third kappa shape index (κ3) is 6.53. The van der Waals surface area contributed by atoms with E-state index in [0.717, 1.165) is 12.0 Å². The number of rotatable bonds is 8. The Morgan fingerprint density at radius 2 is 1.85 bits per heavy atom. The molecule has 20 heavy (non-hydrogen) atoms. The molecule has 6 heteroatoms. The van der Waals surface area contributed by atoms with Gasteiger partial charge >= 0.3 is 0 Å². The predicted octanol–water partition coefficient (Wildman–Crippen LogP) is -0.404. The summed E-state index contributed by atoms with van der Waals surface area (Å²) in [5, 5.41) is 7.43. The molecule has 0 bridgehead atoms. The van der Waals surface area contributed by atoms with Crippen molar-refractivity contribution in [3.8, 4) is 0 Å². The topological polar surface area (TPSA) is 87.3 Å². The zero-order valence-electron chi connectivity index (χ0n) is 11.4. The van der Waals surface area contributed by atoms with Crippen molar-refractivity contribution in [2.24, 2.45) is 0 Å². The first-order valence-corrected chi connectivity index (χ1v) is 6.39. The first kappa shape index (κ1) is 15.7. The van der Waals surface area contributed by atoms with Crippen molar-refractivity contribution in [3.63, 3.8) is 0 Å². The average Bonchev–Trinajstić information content (AvgIpc) is 2.43. The molecule has 1 aromatic carbocycles. The summed E-state index contributed by atoms with van der Waals surface area (Å²) in [6.07, 6.45) is 1.16. The maximum atomic E-state index is 11.6. The Morgan fingerprint density at radius 3 is 2.50 bits per heavy atom. The molecule has 0 fully saturated rings. The lowest BCUT2D eigenvalue weighted by atomic mass is 10.1. The van der Waals surface area contributed by atoms with E-state index in [2.05, 4.69) is 16.0 Å². The molecule has 1 atom stereocenters. The molecular weight excluding hydrogens is 258 g/mol. The number of nitrogens with one attached hydrogen (secondary N) is 3. The second-order valence-electron chi connectivity index (χ2n) is 4.43. The maximum absolute atomic E-state index is 11.6. The van der Waals surface area contributed by atoms with Crippen molar-refractivity contribution in [1.82, 2.24) is 16.0 Å². The van der Waals surface area contributed by atoms with Gasteiger partial charge in [0.05, 0.1) is 13.1 Å². The standard InChI is InChI=1S/C14H19N3O3/c1-11(7-12-5-3-2-4-6-12)17-14(20)9-16-13(19)8-15-10-18/h2-6,10-11H,7-9H2,1H3,(H,15,18)(H,16,19)(H,17,20). The van der Waals surface area contributed by atoms with E-state index in [1.165, 1.54) is 0 Å². The Bertz CT molecular complexity index is 448. The van der Waals surface area contributed by atoms with Crippen molar-refractivity contribution in [2.75, 3.05) is 13.1 Å². The van der Waals surface area contributed by atoms with Crippen LogP contribution in [-0.2, 0) is 20.8 Å². The molecule has 1 rings (SSSR count). The van der Waals surface area contributed by atoms with Crippen LogP contribution >= 0.6 is 0 Å². The van der Waals surface area contributed by atoms with Crippen molar-refractivity contribution in [1.29, 1.82) is 0 Å². The average molecular weight is 277 g/mol. The van der Waals surface area contributed by atoms with Gasteiger partial charge in [0.2, 0.25) is 18.2 Å². The number of carbonyl (C=O) groups excluding carboxylic acids is 3. The maximum Gasteiger partial charge on any atom is 0.239 e. The number of carbonyl (C=O) groups is 3. The molecule has 0 spiro atoms. The lowest BCUT2D eigenvalue weighted by Crippen LogP contribution is -2.43. The van der Waals surface area contributed by atoms with Crippen LogP contribution in [0.5, 0.6) is 0 Å². The van der Waals surface area contributed by atoms with Gasteiger partial charge in [0, 0.05) is 6.04 Å². The molecule has 0 aliphatic carbocycles. The third-order valence-corrected chi connectivity index (χ3v) is 2.58. The molecule has 3 amide bonds. The predicted molar refractivity (Wildman–Crippen MR) is 74.8 cm³/mol. The highest BCUT2D eigenvalue weighted by Crippen LogP contribution is 2.02. The quantitative estimate of drug-likeness (QED) is 0.565. The highest BCUT2D eigenvalue weighted by Gasteiger charge is 2.09. The number of hydrogen-bond acceptors (Lipinski definition) is 3. The van der Waals surface area contributed by atoms with Crippen LogP contribution < -0.4 is 16.0 Å². The molecule has 3 N–H and O–H groups in total. The number of amides is 3. The van der Waals surface area contributed by atoms with Crippen LogP contribution in [0.1, 0.15) is 12.5 Å². The van der Waals surface area contributed by atoms with Crippen LogP contribution in [0.25, 0.3) is 0 Å². The molecule has 6 nitrogen and oxygen atoms in total. The van der Waals surface area contributed by atoms with Gasteiger partial charge < -0.3 is 16.0 Å². The summed E-state index contributed by atoms with van der Waals surface area (Å²) in [6.45, 7) is 1.68. The Morgan fingerprint density at radius 1 is 1.15 bits per heavy atom. The van der Waals surface area contributed by atoms with E-state index in [1.54, 1.807) is 0 Å². The van der Waals surface area contributed by atoms with Crippen LogP contribution in [0.15, 0.2) is 30.3 Å². The normalized spacial score (nSPS) is 11.2. The van der Waals surface area contributed by atoms with E-state index in [0.29, 0.717) is 6.41 Å². The third-order valence-electron chi connectivity index (χ3n) is 2.58. The zero-order chi connectivity index (χ0) is 14.8. The molecule has 0 saturated carbocycles. The van der Waals surface area contributed by atoms with Crippen LogP contribution in [0.2, 0.25) is 0 Å². The van der Waals surface area contributed by atoms with Crippen LogP contribution in [0.4, 0.5) is 0 Å². The Kier molecular flexibility index (Phi) is 6.81. The monoisotopic (exact) mass is 277 g/mol. The summed E-state index contributed by atoms with van der Waals surface area (Å²) in [6, 6.07) is 9.81. The minimum absolute atomic E-state index is 0.0186. The van der Waals surface area contributed by atoms with E-state index in [-0.39, 0.29) is 25.0 Å². The van der Waals surface area contributed by atoms with E-state index in [9.17, 15) is 14.4 Å². The van der Waals surface area contributed by atoms with E-state index in [4.69, 9.17) is 0 Å². The Balaban J connectivity index is 2.24. The molecule has 1 unspecified atom stereocenters. The van der Waals surface area contributed by atoms with Gasteiger partial charge in [-0.1, -0.05) is 30.3 Å². The first-order valence-electron chi connectivity index (χ1n) is 6.39. The second-order valence-corrected chi connectivity index (χ2v) is 4.43. The molecule has 0 aliphatic heterocycles. The molecular formula is C14H19N3O3. The van der Waals surface area contributed by atoms with Gasteiger partial charge in [-0.2, -0.15) is 0 Å². The molecule has 0 saturated heterocycles. The van der Waals surface area contributed by atoms with Gasteiger partial charge in [0.15, 0.2) is 0 Å². The molecule has 0 aromatic heterocycles. The van der Waals surface area contributed by atoms with Gasteiger partial charge in [0.25, 0.3) is 0 Å². The van der Waals surface area contributed by atoms with Gasteiger partial charge in [-0.15, -0.1) is 0 Å². The lowest BCUT2D eigenvalue weighted by molar-refractivity contribution is -0.126. The van der Waals surface area contributed by atoms with E-state index >= 15 is 0 Å². The van der Waals surface area contributed by atoms with Crippen LogP contribution in [0, 0.1) is 0 Å². The minimum Gasteiger partial charge on any atom is -0.352 e. The van der Waals surface area contributed by atoms with Crippen LogP contribution in [0.3, 0.4) is 0 Å². The number of benzene rings is 1. The SMILES string of the molecule is CC(Cc1ccccc1)NC(=O)CNC(=O)CNC=O. The summed E-state index contributed by atoms with van der Waals surface area (Å²) in [5.74, 6) is -0.657. The molecule has 0 aliphatic rings.